The number of morpholine rings is 1. The summed E-state index contributed by atoms with van der Waals surface area (Å²) in [6.45, 7) is 2.05. The summed E-state index contributed by atoms with van der Waals surface area (Å²) < 4.78 is 73.0. The molecule has 0 radical (unpaired) electrons. The minimum atomic E-state index is -4.75. The Labute approximate surface area is 169 Å². The summed E-state index contributed by atoms with van der Waals surface area (Å²) in [5.41, 5.74) is 0.213. The van der Waals surface area contributed by atoms with Gasteiger partial charge in [0.2, 0.25) is 5.91 Å². The van der Waals surface area contributed by atoms with Gasteiger partial charge in [-0.1, -0.05) is 12.1 Å². The maximum Gasteiger partial charge on any atom is 0.412 e. The van der Waals surface area contributed by atoms with Crippen LogP contribution < -0.4 is 10.2 Å². The molecule has 3 rings (SSSR count). The minimum absolute atomic E-state index is 0.134. The highest BCUT2D eigenvalue weighted by atomic mass is 19.4. The molecule has 0 bridgehead atoms. The van der Waals surface area contributed by atoms with Crippen LogP contribution in [-0.2, 0) is 9.53 Å². The molecule has 30 heavy (non-hydrogen) atoms. The van der Waals surface area contributed by atoms with Crippen LogP contribution in [0.25, 0.3) is 6.08 Å². The van der Waals surface area contributed by atoms with Gasteiger partial charge in [-0.15, -0.1) is 0 Å². The second-order valence-corrected chi connectivity index (χ2v) is 6.68. The number of ether oxygens (including phenoxy) is 1. The lowest BCUT2D eigenvalue weighted by atomic mass is 10.0. The average Bonchev–Trinajstić information content (AvgIpc) is 2.72. The van der Waals surface area contributed by atoms with Gasteiger partial charge in [-0.3, -0.25) is 4.79 Å². The van der Waals surface area contributed by atoms with E-state index in [1.54, 1.807) is 6.07 Å². The number of hydrogen-bond acceptors (Lipinski definition) is 3. The second kappa shape index (κ2) is 9.25. The summed E-state index contributed by atoms with van der Waals surface area (Å²) in [6, 6.07) is 6.17. The van der Waals surface area contributed by atoms with Gasteiger partial charge in [0.05, 0.1) is 13.2 Å². The topological polar surface area (TPSA) is 41.6 Å². The zero-order valence-corrected chi connectivity index (χ0v) is 15.8. The number of anilines is 1. The lowest BCUT2D eigenvalue weighted by Crippen LogP contribution is -2.38. The van der Waals surface area contributed by atoms with E-state index in [2.05, 4.69) is 0 Å². The van der Waals surface area contributed by atoms with E-state index >= 15 is 0 Å². The minimum Gasteiger partial charge on any atom is -0.378 e. The van der Waals surface area contributed by atoms with Gasteiger partial charge in [0, 0.05) is 30.4 Å². The highest BCUT2D eigenvalue weighted by molar-refractivity contribution is 5.92. The first-order chi connectivity index (χ1) is 14.2. The van der Waals surface area contributed by atoms with Crippen LogP contribution in [0.15, 0.2) is 48.5 Å². The van der Waals surface area contributed by atoms with Crippen molar-refractivity contribution in [2.45, 2.75) is 12.2 Å². The van der Waals surface area contributed by atoms with Crippen molar-refractivity contribution in [2.75, 3.05) is 31.2 Å². The number of carbonyl (C=O) groups excluding carboxylic acids is 1. The predicted octanol–water partition coefficient (Wildman–Crippen LogP) is 4.23. The SMILES string of the molecule is O=C(C=Cc1cc(F)ccc1F)NC(c1cccc(N2CCOCC2)c1)C(F)(F)F. The van der Waals surface area contributed by atoms with Gasteiger partial charge in [-0.2, -0.15) is 13.2 Å². The lowest BCUT2D eigenvalue weighted by molar-refractivity contribution is -0.162. The second-order valence-electron chi connectivity index (χ2n) is 6.68. The van der Waals surface area contributed by atoms with Crippen molar-refractivity contribution >= 4 is 17.7 Å². The van der Waals surface area contributed by atoms with Gasteiger partial charge in [-0.05, 0) is 42.0 Å². The van der Waals surface area contributed by atoms with Crippen LogP contribution in [0, 0.1) is 11.6 Å². The first kappa shape index (κ1) is 21.8. The number of carbonyl (C=O) groups is 1. The van der Waals surface area contributed by atoms with Gasteiger partial charge in [0.15, 0.2) is 6.04 Å². The molecule has 1 unspecified atom stereocenters. The highest BCUT2D eigenvalue weighted by Crippen LogP contribution is 2.34. The Balaban J connectivity index is 1.79. The van der Waals surface area contributed by atoms with Crippen molar-refractivity contribution in [1.82, 2.24) is 5.32 Å². The molecule has 1 aliphatic rings. The Morgan fingerprint density at radius 3 is 2.53 bits per heavy atom. The molecule has 9 heteroatoms. The van der Waals surface area contributed by atoms with Gasteiger partial charge < -0.3 is 15.0 Å². The van der Waals surface area contributed by atoms with Crippen molar-refractivity contribution in [3.8, 4) is 0 Å². The molecule has 0 spiro atoms. The first-order valence-corrected chi connectivity index (χ1v) is 9.17. The van der Waals surface area contributed by atoms with E-state index in [4.69, 9.17) is 4.74 Å². The van der Waals surface area contributed by atoms with Crippen molar-refractivity contribution in [1.29, 1.82) is 0 Å². The number of nitrogens with zero attached hydrogens (tertiary/aromatic N) is 1. The van der Waals surface area contributed by atoms with Crippen LogP contribution in [0.5, 0.6) is 0 Å². The van der Waals surface area contributed by atoms with Crippen molar-refractivity contribution < 1.29 is 31.5 Å². The van der Waals surface area contributed by atoms with Gasteiger partial charge >= 0.3 is 6.18 Å². The van der Waals surface area contributed by atoms with Crippen LogP contribution in [0.4, 0.5) is 27.6 Å². The Bertz CT molecular complexity index is 924. The largest absolute Gasteiger partial charge is 0.412 e. The zero-order valence-electron chi connectivity index (χ0n) is 15.8. The fourth-order valence-corrected chi connectivity index (χ4v) is 3.07. The number of benzene rings is 2. The molecular formula is C21H19F5N2O2. The van der Waals surface area contributed by atoms with Gasteiger partial charge in [0.25, 0.3) is 0 Å². The monoisotopic (exact) mass is 426 g/mol. The summed E-state index contributed by atoms with van der Waals surface area (Å²) >= 11 is 0. The van der Waals surface area contributed by atoms with Crippen molar-refractivity contribution in [3.63, 3.8) is 0 Å². The van der Waals surface area contributed by atoms with Crippen LogP contribution in [0.2, 0.25) is 0 Å². The van der Waals surface area contributed by atoms with Crippen LogP contribution in [-0.4, -0.2) is 38.4 Å². The van der Waals surface area contributed by atoms with E-state index in [1.165, 1.54) is 18.2 Å². The third-order valence-electron chi connectivity index (χ3n) is 4.57. The van der Waals surface area contributed by atoms with Crippen LogP contribution in [0.3, 0.4) is 0 Å². The number of rotatable bonds is 5. The Kier molecular flexibility index (Phi) is 6.71. The van der Waals surface area contributed by atoms with E-state index in [1.807, 2.05) is 10.2 Å². The normalized spacial score (nSPS) is 16.0. The molecule has 2 aromatic rings. The van der Waals surface area contributed by atoms with Gasteiger partial charge in [0.1, 0.15) is 11.6 Å². The molecule has 160 valence electrons. The number of nitrogens with one attached hydrogen (secondary N) is 1. The predicted molar refractivity (Wildman–Crippen MR) is 102 cm³/mol. The Morgan fingerprint density at radius 2 is 1.83 bits per heavy atom. The summed E-state index contributed by atoms with van der Waals surface area (Å²) in [5, 5.41) is 1.90. The van der Waals surface area contributed by atoms with Gasteiger partial charge in [-0.25, -0.2) is 8.78 Å². The lowest BCUT2D eigenvalue weighted by Gasteiger charge is -2.30. The maximum atomic E-state index is 13.6. The Hall–Kier alpha value is -2.94. The summed E-state index contributed by atoms with van der Waals surface area (Å²) in [5.74, 6) is -2.62. The van der Waals surface area contributed by atoms with Crippen LogP contribution >= 0.6 is 0 Å². The first-order valence-electron chi connectivity index (χ1n) is 9.17. The molecule has 1 heterocycles. The third-order valence-corrected chi connectivity index (χ3v) is 4.57. The van der Waals surface area contributed by atoms with E-state index in [9.17, 15) is 26.7 Å². The summed E-state index contributed by atoms with van der Waals surface area (Å²) in [4.78, 5) is 14.0. The quantitative estimate of drug-likeness (QED) is 0.575. The van der Waals surface area contributed by atoms with Crippen molar-refractivity contribution in [2.24, 2.45) is 0 Å². The van der Waals surface area contributed by atoms with E-state index < -0.39 is 29.8 Å². The molecule has 1 amide bonds. The molecule has 1 fully saturated rings. The molecule has 0 aliphatic carbocycles. The number of hydrogen-bond donors (Lipinski definition) is 1. The molecule has 4 nitrogen and oxygen atoms in total. The number of alkyl halides is 3. The Morgan fingerprint density at radius 1 is 1.10 bits per heavy atom. The molecule has 0 aromatic heterocycles. The molecular weight excluding hydrogens is 407 g/mol. The molecule has 2 aromatic carbocycles. The highest BCUT2D eigenvalue weighted by Gasteiger charge is 2.41. The molecule has 1 saturated heterocycles. The summed E-state index contributed by atoms with van der Waals surface area (Å²) in [7, 11) is 0. The van der Waals surface area contributed by atoms with Crippen molar-refractivity contribution in [3.05, 3.63) is 71.3 Å². The van der Waals surface area contributed by atoms with Crippen LogP contribution in [0.1, 0.15) is 17.2 Å². The summed E-state index contributed by atoms with van der Waals surface area (Å²) in [6.07, 6.45) is -3.09. The standard InChI is InChI=1S/C21H19F5N2O2/c22-16-5-6-18(23)14(12-16)4-7-19(29)27-20(21(24,25)26)15-2-1-3-17(13-15)28-8-10-30-11-9-28/h1-7,12-13,20H,8-11H2,(H,27,29). The molecule has 1 aliphatic heterocycles. The average molecular weight is 426 g/mol. The fourth-order valence-electron chi connectivity index (χ4n) is 3.07. The number of halogens is 5. The number of amides is 1. The molecule has 0 saturated carbocycles. The van der Waals surface area contributed by atoms with E-state index in [0.29, 0.717) is 32.0 Å². The zero-order chi connectivity index (χ0) is 21.7. The maximum absolute atomic E-state index is 13.6. The third kappa shape index (κ3) is 5.56. The molecule has 1 N–H and O–H groups in total. The smallest absolute Gasteiger partial charge is 0.378 e. The molecule has 1 atom stereocenters. The van der Waals surface area contributed by atoms with E-state index in [-0.39, 0.29) is 11.1 Å². The van der Waals surface area contributed by atoms with E-state index in [0.717, 1.165) is 30.4 Å². The fraction of sp³-hybridized carbons (Fsp3) is 0.286.